The van der Waals surface area contributed by atoms with Gasteiger partial charge >= 0.3 is 6.09 Å². The highest BCUT2D eigenvalue weighted by atomic mass is 16.6. The molecule has 0 unspecified atom stereocenters. The molecule has 44 heavy (non-hydrogen) atoms. The number of nitrogens with one attached hydrogen (secondary N) is 3. The van der Waals surface area contributed by atoms with Crippen LogP contribution in [0.5, 0.6) is 5.75 Å². The van der Waals surface area contributed by atoms with Crippen molar-refractivity contribution in [2.24, 2.45) is 0 Å². The van der Waals surface area contributed by atoms with E-state index in [0.29, 0.717) is 25.2 Å². The molecule has 1 atom stereocenters. The van der Waals surface area contributed by atoms with E-state index in [4.69, 9.17) is 19.7 Å². The Hall–Kier alpha value is -5.05. The number of aromatic amines is 2. The summed E-state index contributed by atoms with van der Waals surface area (Å²) in [5.74, 6) is 2.26. The van der Waals surface area contributed by atoms with Crippen molar-refractivity contribution < 1.29 is 14.3 Å². The Morgan fingerprint density at radius 1 is 0.841 bits per heavy atom. The summed E-state index contributed by atoms with van der Waals surface area (Å²) < 4.78 is 13.5. The molecule has 1 amide bonds. The van der Waals surface area contributed by atoms with Crippen molar-refractivity contribution in [2.75, 3.05) is 7.11 Å². The van der Waals surface area contributed by atoms with Crippen LogP contribution in [0.2, 0.25) is 0 Å². The lowest BCUT2D eigenvalue weighted by atomic mass is 10.0. The predicted molar refractivity (Wildman–Crippen MR) is 172 cm³/mol. The van der Waals surface area contributed by atoms with Gasteiger partial charge in [0.2, 0.25) is 0 Å². The first-order valence-corrected chi connectivity index (χ1v) is 14.9. The number of para-hydroxylation sites is 3. The third kappa shape index (κ3) is 6.32. The number of aromatic nitrogens is 5. The average Bonchev–Trinajstić information content (AvgIpc) is 3.72. The fourth-order valence-corrected chi connectivity index (χ4v) is 5.73. The zero-order chi connectivity index (χ0) is 30.7. The van der Waals surface area contributed by atoms with Crippen molar-refractivity contribution in [1.82, 2.24) is 30.0 Å². The molecule has 0 fully saturated rings. The fraction of sp³-hybridized carbons (Fsp3) is 0.286. The van der Waals surface area contributed by atoms with Crippen molar-refractivity contribution in [3.63, 3.8) is 0 Å². The van der Waals surface area contributed by atoms with Crippen LogP contribution < -0.4 is 10.1 Å². The normalized spacial score (nSPS) is 12.5. The Morgan fingerprint density at radius 2 is 1.48 bits per heavy atom. The highest BCUT2D eigenvalue weighted by molar-refractivity contribution is 5.84. The lowest BCUT2D eigenvalue weighted by Gasteiger charge is -2.24. The summed E-state index contributed by atoms with van der Waals surface area (Å²) in [4.78, 5) is 19.9. The summed E-state index contributed by atoms with van der Waals surface area (Å²) in [7, 11) is 1.67. The van der Waals surface area contributed by atoms with Gasteiger partial charge in [-0.15, -0.1) is 10.2 Å². The van der Waals surface area contributed by atoms with Gasteiger partial charge in [0.1, 0.15) is 17.2 Å². The molecule has 9 nitrogen and oxygen atoms in total. The second-order valence-corrected chi connectivity index (χ2v) is 12.0. The largest absolute Gasteiger partial charge is 0.496 e. The van der Waals surface area contributed by atoms with Crippen LogP contribution in [0, 0.1) is 0 Å². The minimum absolute atomic E-state index is 0.482. The van der Waals surface area contributed by atoms with E-state index in [0.717, 1.165) is 45.5 Å². The molecular formula is C35H38N6O3. The smallest absolute Gasteiger partial charge is 0.408 e. The molecule has 3 N–H and O–H groups in total. The summed E-state index contributed by atoms with van der Waals surface area (Å²) in [6.45, 7) is 6.05. The first-order chi connectivity index (χ1) is 21.3. The number of ether oxygens (including phenoxy) is 2. The number of amides is 1. The van der Waals surface area contributed by atoms with Crippen LogP contribution in [0.4, 0.5) is 4.79 Å². The van der Waals surface area contributed by atoms with E-state index in [1.54, 1.807) is 7.11 Å². The average molecular weight is 591 g/mol. The van der Waals surface area contributed by atoms with E-state index in [-0.39, 0.29) is 0 Å². The first kappa shape index (κ1) is 29.0. The number of methoxy groups -OCH3 is 1. The molecule has 0 saturated carbocycles. The molecule has 6 aromatic rings. The number of hydrogen-bond donors (Lipinski definition) is 3. The third-order valence-electron chi connectivity index (χ3n) is 7.77. The predicted octanol–water partition coefficient (Wildman–Crippen LogP) is 6.89. The molecule has 0 radical (unpaired) electrons. The molecule has 3 heterocycles. The SMILES string of the molecule is COc1ccccc1Cn1c(CCc2c[nH]c3ccccc23)nnc1[C@@H](Cc1c[nH]c2ccccc12)NC(=O)OC(C)(C)C. The number of nitrogens with zero attached hydrogens (tertiary/aromatic N) is 3. The Balaban J connectivity index is 1.39. The summed E-state index contributed by atoms with van der Waals surface area (Å²) in [5.41, 5.74) is 4.77. The summed E-state index contributed by atoms with van der Waals surface area (Å²) in [6, 6.07) is 23.9. The zero-order valence-corrected chi connectivity index (χ0v) is 25.6. The van der Waals surface area contributed by atoms with Crippen molar-refractivity contribution >= 4 is 27.9 Å². The van der Waals surface area contributed by atoms with Crippen LogP contribution in [0.15, 0.2) is 85.2 Å². The number of carbonyl (C=O) groups excluding carboxylic acids is 1. The number of aryl methyl sites for hydroxylation is 2. The number of benzene rings is 3. The third-order valence-corrected chi connectivity index (χ3v) is 7.77. The van der Waals surface area contributed by atoms with Crippen molar-refractivity contribution in [3.8, 4) is 5.75 Å². The quantitative estimate of drug-likeness (QED) is 0.161. The molecule has 6 rings (SSSR count). The van der Waals surface area contributed by atoms with Gasteiger partial charge in [-0.25, -0.2) is 4.79 Å². The molecule has 0 bridgehead atoms. The Morgan fingerprint density at radius 3 is 2.18 bits per heavy atom. The summed E-state index contributed by atoms with van der Waals surface area (Å²) in [5, 5.41) is 14.8. The second-order valence-electron chi connectivity index (χ2n) is 12.0. The zero-order valence-electron chi connectivity index (χ0n) is 25.6. The van der Waals surface area contributed by atoms with Crippen LogP contribution >= 0.6 is 0 Å². The van der Waals surface area contributed by atoms with Crippen LogP contribution in [-0.2, 0) is 30.5 Å². The highest BCUT2D eigenvalue weighted by Gasteiger charge is 2.27. The molecule has 3 aromatic heterocycles. The van der Waals surface area contributed by atoms with Gasteiger partial charge in [-0.05, 0) is 56.5 Å². The van der Waals surface area contributed by atoms with Gasteiger partial charge in [-0.1, -0.05) is 54.6 Å². The molecule has 3 aromatic carbocycles. The van der Waals surface area contributed by atoms with Crippen molar-refractivity contribution in [3.05, 3.63) is 114 Å². The number of hydrogen-bond acceptors (Lipinski definition) is 5. The van der Waals surface area contributed by atoms with Gasteiger partial charge in [0, 0.05) is 52.6 Å². The minimum atomic E-state index is -0.648. The van der Waals surface area contributed by atoms with Gasteiger partial charge in [-0.3, -0.25) is 0 Å². The maximum absolute atomic E-state index is 13.2. The van der Waals surface area contributed by atoms with Gasteiger partial charge < -0.3 is 29.3 Å². The van der Waals surface area contributed by atoms with Crippen LogP contribution in [0.3, 0.4) is 0 Å². The molecule has 0 aliphatic carbocycles. The molecule has 226 valence electrons. The molecule has 0 aliphatic rings. The van der Waals surface area contributed by atoms with Crippen LogP contribution in [-0.4, -0.2) is 43.5 Å². The maximum Gasteiger partial charge on any atom is 0.408 e. The molecular weight excluding hydrogens is 552 g/mol. The van der Waals surface area contributed by atoms with Crippen LogP contribution in [0.25, 0.3) is 21.8 Å². The number of H-pyrrole nitrogens is 2. The Bertz CT molecular complexity index is 1890. The summed E-state index contributed by atoms with van der Waals surface area (Å²) >= 11 is 0. The fourth-order valence-electron chi connectivity index (χ4n) is 5.73. The molecule has 9 heteroatoms. The monoisotopic (exact) mass is 590 g/mol. The van der Waals surface area contributed by atoms with E-state index < -0.39 is 17.7 Å². The lowest BCUT2D eigenvalue weighted by Crippen LogP contribution is -2.37. The minimum Gasteiger partial charge on any atom is -0.496 e. The van der Waals surface area contributed by atoms with E-state index in [1.165, 1.54) is 10.9 Å². The van der Waals surface area contributed by atoms with Crippen LogP contribution in [0.1, 0.15) is 55.2 Å². The highest BCUT2D eigenvalue weighted by Crippen LogP contribution is 2.28. The van der Waals surface area contributed by atoms with Crippen molar-refractivity contribution in [1.29, 1.82) is 0 Å². The molecule has 0 spiro atoms. The number of rotatable bonds is 10. The van der Waals surface area contributed by atoms with Crippen molar-refractivity contribution in [2.45, 2.75) is 58.2 Å². The first-order valence-electron chi connectivity index (χ1n) is 14.9. The van der Waals surface area contributed by atoms with Gasteiger partial charge in [0.15, 0.2) is 5.82 Å². The second kappa shape index (κ2) is 12.3. The number of alkyl carbamates (subject to hydrolysis) is 1. The number of fused-ring (bicyclic) bond motifs is 2. The summed E-state index contributed by atoms with van der Waals surface area (Å²) in [6.07, 6.45) is 5.49. The van der Waals surface area contributed by atoms with Gasteiger partial charge in [0.25, 0.3) is 0 Å². The standard InChI is InChI=1S/C35H38N6O3/c1-35(2,3)44-34(42)38-30(19-25-21-37-29-15-9-7-13-27(25)29)33-40-39-32(41(33)22-24-11-5-10-16-31(24)43-4)18-17-23-20-36-28-14-8-6-12-26(23)28/h5-16,20-21,30,36-37H,17-19,22H2,1-4H3,(H,38,42)/t30-/m1/s1. The van der Waals surface area contributed by atoms with E-state index >= 15 is 0 Å². The molecule has 0 saturated heterocycles. The van der Waals surface area contributed by atoms with E-state index in [1.807, 2.05) is 75.5 Å². The topological polar surface area (TPSA) is 110 Å². The maximum atomic E-state index is 13.2. The molecule has 0 aliphatic heterocycles. The Labute approximate surface area is 256 Å². The van der Waals surface area contributed by atoms with E-state index in [9.17, 15) is 4.79 Å². The Kier molecular flexibility index (Phi) is 8.11. The number of carbonyl (C=O) groups is 1. The van der Waals surface area contributed by atoms with Gasteiger partial charge in [-0.2, -0.15) is 0 Å². The van der Waals surface area contributed by atoms with Gasteiger partial charge in [0.05, 0.1) is 19.7 Å². The lowest BCUT2D eigenvalue weighted by molar-refractivity contribution is 0.0500. The van der Waals surface area contributed by atoms with E-state index in [2.05, 4.69) is 50.3 Å².